The number of pyridine rings is 1. The molecular formula is C36H42BN3O5. The van der Waals surface area contributed by atoms with Crippen LogP contribution in [0.1, 0.15) is 56.9 Å². The maximum Gasteiger partial charge on any atom is 0.482 e. The first kappa shape index (κ1) is 30.1. The minimum Gasteiger partial charge on any atom is -0.404 e. The summed E-state index contributed by atoms with van der Waals surface area (Å²) in [4.78, 5) is 24.9. The van der Waals surface area contributed by atoms with Gasteiger partial charge in [0.2, 0.25) is 5.60 Å². The standard InChI is InChI=1S/C36H42BN3O5/c1-34(2)27-19-30(34)35(3)31(20-27)43-37(44-35)32(18-25-12-6-4-7-13-25)39-33(41)36(21-26-14-8-5-9-15-26)22-29(40-45-36)24-42-23-28-16-10-11-17-38-28/h4-17,27,30-32H,18-24H2,1-3H3,(H,39,41)/t27-,30-,31+,32-,35-,36?/m0/s1. The Kier molecular flexibility index (Phi) is 8.04. The van der Waals surface area contributed by atoms with Crippen LogP contribution in [0.5, 0.6) is 0 Å². The van der Waals surface area contributed by atoms with Crippen molar-refractivity contribution in [1.82, 2.24) is 10.3 Å². The number of amides is 1. The first-order valence-electron chi connectivity index (χ1n) is 16.2. The molecule has 1 aromatic heterocycles. The van der Waals surface area contributed by atoms with Crippen LogP contribution in [0.25, 0.3) is 0 Å². The van der Waals surface area contributed by atoms with Gasteiger partial charge in [0.15, 0.2) is 0 Å². The summed E-state index contributed by atoms with van der Waals surface area (Å²) >= 11 is 0. The van der Waals surface area contributed by atoms with Crippen molar-refractivity contribution < 1.29 is 23.7 Å². The number of hydrogen-bond acceptors (Lipinski definition) is 7. The molecule has 2 aliphatic heterocycles. The zero-order valence-corrected chi connectivity index (χ0v) is 26.4. The molecular weight excluding hydrogens is 565 g/mol. The maximum atomic E-state index is 14.5. The van der Waals surface area contributed by atoms with E-state index in [9.17, 15) is 4.79 Å². The Hall–Kier alpha value is -3.53. The highest BCUT2D eigenvalue weighted by Crippen LogP contribution is 2.65. The lowest BCUT2D eigenvalue weighted by Crippen LogP contribution is -2.65. The Morgan fingerprint density at radius 3 is 2.42 bits per heavy atom. The molecule has 3 saturated carbocycles. The molecule has 9 heteroatoms. The van der Waals surface area contributed by atoms with Gasteiger partial charge in [-0.2, -0.15) is 0 Å². The molecule has 8 nitrogen and oxygen atoms in total. The number of carbonyl (C=O) groups is 1. The van der Waals surface area contributed by atoms with Crippen molar-refractivity contribution in [3.8, 4) is 0 Å². The minimum atomic E-state index is -1.22. The van der Waals surface area contributed by atoms with E-state index in [0.29, 0.717) is 43.4 Å². The van der Waals surface area contributed by atoms with Gasteiger partial charge in [-0.3, -0.25) is 9.78 Å². The van der Waals surface area contributed by atoms with Gasteiger partial charge in [0.25, 0.3) is 5.91 Å². The van der Waals surface area contributed by atoms with E-state index in [1.807, 2.05) is 66.7 Å². The van der Waals surface area contributed by atoms with Gasteiger partial charge in [-0.15, -0.1) is 0 Å². The number of carbonyl (C=O) groups excluding carboxylic acids is 1. The lowest BCUT2D eigenvalue weighted by molar-refractivity contribution is -0.199. The van der Waals surface area contributed by atoms with Gasteiger partial charge in [0.1, 0.15) is 0 Å². The number of rotatable bonds is 11. The third kappa shape index (κ3) is 5.82. The molecule has 1 amide bonds. The number of aromatic nitrogens is 1. The number of ether oxygens (including phenoxy) is 1. The Morgan fingerprint density at radius 2 is 1.71 bits per heavy atom. The van der Waals surface area contributed by atoms with Gasteiger partial charge in [-0.05, 0) is 66.7 Å². The van der Waals surface area contributed by atoms with Crippen LogP contribution >= 0.6 is 0 Å². The summed E-state index contributed by atoms with van der Waals surface area (Å²) in [6.07, 6.45) is 5.17. The predicted octanol–water partition coefficient (Wildman–Crippen LogP) is 5.35. The lowest BCUT2D eigenvalue weighted by atomic mass is 9.43. The van der Waals surface area contributed by atoms with Gasteiger partial charge in [-0.1, -0.05) is 85.7 Å². The summed E-state index contributed by atoms with van der Waals surface area (Å²) in [6.45, 7) is 7.53. The zero-order valence-electron chi connectivity index (χ0n) is 26.4. The van der Waals surface area contributed by atoms with E-state index >= 15 is 0 Å². The quantitative estimate of drug-likeness (QED) is 0.296. The fourth-order valence-corrected chi connectivity index (χ4v) is 8.06. The molecule has 1 N–H and O–H groups in total. The monoisotopic (exact) mass is 607 g/mol. The summed E-state index contributed by atoms with van der Waals surface area (Å²) in [5.74, 6) is 0.425. The SMILES string of the molecule is CC1(C)[C@@H]2C[C@H]3OB([C@H](Cc4ccccc4)NC(=O)C4(Cc5ccccc5)CC(COCc5ccccn5)=NO4)O[C@@]3(C)[C@H]1C2. The van der Waals surface area contributed by atoms with Crippen molar-refractivity contribution in [2.75, 3.05) is 6.61 Å². The first-order valence-corrected chi connectivity index (χ1v) is 16.2. The second-order valence-corrected chi connectivity index (χ2v) is 14.0. The van der Waals surface area contributed by atoms with E-state index in [1.54, 1.807) is 6.20 Å². The van der Waals surface area contributed by atoms with E-state index < -0.39 is 18.7 Å². The first-order chi connectivity index (χ1) is 21.7. The van der Waals surface area contributed by atoms with E-state index in [1.165, 1.54) is 6.42 Å². The molecule has 4 fully saturated rings. The maximum absolute atomic E-state index is 14.5. The highest BCUT2D eigenvalue weighted by atomic mass is 16.7. The molecule has 3 aromatic rings. The molecule has 5 aliphatic rings. The summed E-state index contributed by atoms with van der Waals surface area (Å²) in [7, 11) is -0.573. The lowest BCUT2D eigenvalue weighted by Gasteiger charge is -2.64. The number of oxime groups is 1. The minimum absolute atomic E-state index is 0.0154. The van der Waals surface area contributed by atoms with Gasteiger partial charge < -0.3 is 24.2 Å². The smallest absolute Gasteiger partial charge is 0.404 e. The summed E-state index contributed by atoms with van der Waals surface area (Å²) in [5, 5.41) is 7.73. The van der Waals surface area contributed by atoms with Crippen molar-refractivity contribution in [2.45, 2.75) is 82.7 Å². The number of nitrogens with zero attached hydrogens (tertiary/aromatic N) is 2. The Balaban J connectivity index is 1.11. The van der Waals surface area contributed by atoms with Gasteiger partial charge >= 0.3 is 7.12 Å². The largest absolute Gasteiger partial charge is 0.482 e. The third-order valence-electron chi connectivity index (χ3n) is 10.7. The number of hydrogen-bond donors (Lipinski definition) is 1. The zero-order chi connectivity index (χ0) is 31.1. The normalized spacial score (nSPS) is 30.1. The van der Waals surface area contributed by atoms with Crippen LogP contribution < -0.4 is 5.32 Å². The topological polar surface area (TPSA) is 91.3 Å². The molecule has 0 radical (unpaired) electrons. The molecule has 8 rings (SSSR count). The second-order valence-electron chi connectivity index (χ2n) is 14.0. The molecule has 3 aliphatic carbocycles. The van der Waals surface area contributed by atoms with Gasteiger partial charge in [-0.25, -0.2) is 0 Å². The average molecular weight is 608 g/mol. The summed E-state index contributed by atoms with van der Waals surface area (Å²) in [5.41, 5.74) is 2.24. The molecule has 3 heterocycles. The van der Waals surface area contributed by atoms with Crippen molar-refractivity contribution in [3.05, 3.63) is 102 Å². The molecule has 2 bridgehead atoms. The Morgan fingerprint density at radius 1 is 0.978 bits per heavy atom. The van der Waals surface area contributed by atoms with Crippen molar-refractivity contribution in [3.63, 3.8) is 0 Å². The van der Waals surface area contributed by atoms with E-state index in [-0.39, 0.29) is 29.6 Å². The molecule has 2 aromatic carbocycles. The van der Waals surface area contributed by atoms with E-state index in [2.05, 4.69) is 48.4 Å². The fourth-order valence-electron chi connectivity index (χ4n) is 8.06. The highest BCUT2D eigenvalue weighted by Gasteiger charge is 2.68. The van der Waals surface area contributed by atoms with Crippen molar-refractivity contribution in [2.24, 2.45) is 22.4 Å². The second kappa shape index (κ2) is 12.0. The van der Waals surface area contributed by atoms with Crippen LogP contribution in [0.3, 0.4) is 0 Å². The van der Waals surface area contributed by atoms with E-state index in [0.717, 1.165) is 23.2 Å². The van der Waals surface area contributed by atoms with Gasteiger partial charge in [0.05, 0.1) is 42.3 Å². The van der Waals surface area contributed by atoms with Crippen LogP contribution in [-0.2, 0) is 43.1 Å². The molecule has 0 spiro atoms. The molecule has 6 atom stereocenters. The molecule has 45 heavy (non-hydrogen) atoms. The predicted molar refractivity (Wildman–Crippen MR) is 172 cm³/mol. The van der Waals surface area contributed by atoms with E-state index in [4.69, 9.17) is 18.9 Å². The summed E-state index contributed by atoms with van der Waals surface area (Å²) in [6, 6.07) is 25.9. The van der Waals surface area contributed by atoms with Crippen LogP contribution in [-0.4, -0.2) is 53.6 Å². The number of nitrogens with one attached hydrogen (secondary N) is 1. The average Bonchev–Trinajstić information content (AvgIpc) is 3.63. The Bertz CT molecular complexity index is 1520. The van der Waals surface area contributed by atoms with Crippen molar-refractivity contribution in [1.29, 1.82) is 0 Å². The van der Waals surface area contributed by atoms with Gasteiger partial charge in [0, 0.05) is 19.0 Å². The Labute approximate surface area is 266 Å². The highest BCUT2D eigenvalue weighted by molar-refractivity contribution is 6.48. The van der Waals surface area contributed by atoms with Crippen LogP contribution in [0.4, 0.5) is 0 Å². The van der Waals surface area contributed by atoms with Crippen LogP contribution in [0, 0.1) is 17.3 Å². The van der Waals surface area contributed by atoms with Crippen molar-refractivity contribution >= 4 is 18.7 Å². The molecule has 1 saturated heterocycles. The number of benzene rings is 2. The summed E-state index contributed by atoms with van der Waals surface area (Å²) < 4.78 is 19.5. The van der Waals surface area contributed by atoms with Crippen LogP contribution in [0.2, 0.25) is 0 Å². The fraction of sp³-hybridized carbons (Fsp3) is 0.472. The molecule has 234 valence electrons. The molecule has 1 unspecified atom stereocenters. The van der Waals surface area contributed by atoms with Crippen LogP contribution in [0.15, 0.2) is 90.2 Å². The third-order valence-corrected chi connectivity index (χ3v) is 10.7.